The van der Waals surface area contributed by atoms with Crippen molar-refractivity contribution in [1.29, 1.82) is 0 Å². The fourth-order valence-electron chi connectivity index (χ4n) is 2.27. The average Bonchev–Trinajstić information content (AvgIpc) is 2.91. The van der Waals surface area contributed by atoms with Gasteiger partial charge in [-0.1, -0.05) is 18.2 Å². The van der Waals surface area contributed by atoms with E-state index in [-0.39, 0.29) is 0 Å². The smallest absolute Gasteiger partial charge is 0.136 e. The molecule has 0 unspecified atom stereocenters. The molecule has 0 fully saturated rings. The van der Waals surface area contributed by atoms with E-state index >= 15 is 0 Å². The highest BCUT2D eigenvalue weighted by atomic mass is 32.1. The standard InChI is InChI=1S/C14H8OS/c1-2-4-11-9(3-1)14-10-7-8-16-13(10)6-5-12(14)15-11/h1-8H. The van der Waals surface area contributed by atoms with Gasteiger partial charge in [0.05, 0.1) is 0 Å². The number of benzene rings is 2. The summed E-state index contributed by atoms with van der Waals surface area (Å²) in [7, 11) is 0. The Labute approximate surface area is 95.9 Å². The van der Waals surface area contributed by atoms with Crippen molar-refractivity contribution in [1.82, 2.24) is 0 Å². The third-order valence-corrected chi connectivity index (χ3v) is 3.86. The van der Waals surface area contributed by atoms with E-state index in [0.29, 0.717) is 0 Å². The maximum absolute atomic E-state index is 5.83. The van der Waals surface area contributed by atoms with E-state index in [4.69, 9.17) is 4.42 Å². The summed E-state index contributed by atoms with van der Waals surface area (Å²) in [4.78, 5) is 0. The van der Waals surface area contributed by atoms with Crippen LogP contribution in [0, 0.1) is 0 Å². The predicted octanol–water partition coefficient (Wildman–Crippen LogP) is 4.80. The first-order chi connectivity index (χ1) is 7.93. The lowest BCUT2D eigenvalue weighted by molar-refractivity contribution is 0.669. The lowest BCUT2D eigenvalue weighted by Crippen LogP contribution is -1.67. The van der Waals surface area contributed by atoms with Crippen molar-refractivity contribution in [2.45, 2.75) is 0 Å². The summed E-state index contributed by atoms with van der Waals surface area (Å²) < 4.78 is 7.15. The number of hydrogen-bond acceptors (Lipinski definition) is 2. The largest absolute Gasteiger partial charge is 0.456 e. The molecule has 76 valence electrons. The van der Waals surface area contributed by atoms with Crippen LogP contribution in [-0.2, 0) is 0 Å². The van der Waals surface area contributed by atoms with Crippen LogP contribution in [-0.4, -0.2) is 0 Å². The molecule has 2 aromatic heterocycles. The molecule has 0 atom stereocenters. The van der Waals surface area contributed by atoms with E-state index in [0.717, 1.165) is 11.2 Å². The summed E-state index contributed by atoms with van der Waals surface area (Å²) in [6.07, 6.45) is 0. The number of rotatable bonds is 0. The van der Waals surface area contributed by atoms with Crippen molar-refractivity contribution >= 4 is 43.4 Å². The molecule has 4 rings (SSSR count). The van der Waals surface area contributed by atoms with E-state index in [1.54, 1.807) is 11.3 Å². The topological polar surface area (TPSA) is 13.1 Å². The molecule has 0 bridgehead atoms. The molecule has 0 aliphatic rings. The maximum atomic E-state index is 5.83. The van der Waals surface area contributed by atoms with Gasteiger partial charge in [-0.2, -0.15) is 0 Å². The monoisotopic (exact) mass is 224 g/mol. The van der Waals surface area contributed by atoms with Crippen LogP contribution in [0.15, 0.2) is 52.3 Å². The summed E-state index contributed by atoms with van der Waals surface area (Å²) in [6.45, 7) is 0. The lowest BCUT2D eigenvalue weighted by atomic mass is 10.1. The third-order valence-electron chi connectivity index (χ3n) is 2.97. The summed E-state index contributed by atoms with van der Waals surface area (Å²) in [5.41, 5.74) is 1.95. The number of fused-ring (bicyclic) bond motifs is 5. The first-order valence-corrected chi connectivity index (χ1v) is 6.09. The summed E-state index contributed by atoms with van der Waals surface area (Å²) in [6, 6.07) is 14.6. The Kier molecular flexibility index (Phi) is 1.50. The van der Waals surface area contributed by atoms with E-state index in [9.17, 15) is 0 Å². The molecule has 1 nitrogen and oxygen atoms in total. The van der Waals surface area contributed by atoms with E-state index in [2.05, 4.69) is 35.7 Å². The van der Waals surface area contributed by atoms with Gasteiger partial charge in [0.15, 0.2) is 0 Å². The molecule has 0 aliphatic carbocycles. The molecule has 0 saturated carbocycles. The van der Waals surface area contributed by atoms with Gasteiger partial charge in [0.25, 0.3) is 0 Å². The zero-order valence-corrected chi connectivity index (χ0v) is 9.25. The molecule has 0 N–H and O–H groups in total. The van der Waals surface area contributed by atoms with Gasteiger partial charge < -0.3 is 4.42 Å². The molecule has 4 aromatic rings. The fourth-order valence-corrected chi connectivity index (χ4v) is 3.06. The van der Waals surface area contributed by atoms with Crippen molar-refractivity contribution in [2.24, 2.45) is 0 Å². The van der Waals surface area contributed by atoms with Gasteiger partial charge in [0, 0.05) is 20.9 Å². The highest BCUT2D eigenvalue weighted by Gasteiger charge is 2.09. The lowest BCUT2D eigenvalue weighted by Gasteiger charge is -1.91. The van der Waals surface area contributed by atoms with Crippen LogP contribution in [0.25, 0.3) is 32.0 Å². The summed E-state index contributed by atoms with van der Waals surface area (Å²) in [5, 5.41) is 5.88. The first kappa shape index (κ1) is 8.36. The van der Waals surface area contributed by atoms with Crippen LogP contribution in [0.3, 0.4) is 0 Å². The van der Waals surface area contributed by atoms with Crippen molar-refractivity contribution in [3.63, 3.8) is 0 Å². The van der Waals surface area contributed by atoms with Gasteiger partial charge in [0.1, 0.15) is 11.2 Å². The van der Waals surface area contributed by atoms with Gasteiger partial charge in [0.2, 0.25) is 0 Å². The molecule has 0 saturated heterocycles. The molecule has 16 heavy (non-hydrogen) atoms. The minimum absolute atomic E-state index is 0.969. The number of para-hydroxylation sites is 1. The minimum Gasteiger partial charge on any atom is -0.456 e. The van der Waals surface area contributed by atoms with Crippen molar-refractivity contribution in [2.75, 3.05) is 0 Å². The van der Waals surface area contributed by atoms with Crippen LogP contribution in [0.4, 0.5) is 0 Å². The Hall–Kier alpha value is -1.80. The van der Waals surface area contributed by atoms with Crippen LogP contribution in [0.2, 0.25) is 0 Å². The second-order valence-corrected chi connectivity index (χ2v) is 4.82. The Morgan fingerprint density at radius 2 is 1.75 bits per heavy atom. The average molecular weight is 224 g/mol. The van der Waals surface area contributed by atoms with Gasteiger partial charge in [-0.25, -0.2) is 0 Å². The van der Waals surface area contributed by atoms with E-state index < -0.39 is 0 Å². The van der Waals surface area contributed by atoms with Crippen molar-refractivity contribution in [3.05, 3.63) is 47.8 Å². The van der Waals surface area contributed by atoms with Gasteiger partial charge >= 0.3 is 0 Å². The first-order valence-electron chi connectivity index (χ1n) is 5.21. The Morgan fingerprint density at radius 3 is 2.75 bits per heavy atom. The highest BCUT2D eigenvalue weighted by molar-refractivity contribution is 7.17. The maximum Gasteiger partial charge on any atom is 0.136 e. The molecule has 0 radical (unpaired) electrons. The summed E-state index contributed by atoms with van der Waals surface area (Å²) >= 11 is 1.77. The number of hydrogen-bond donors (Lipinski definition) is 0. The fraction of sp³-hybridized carbons (Fsp3) is 0. The molecule has 0 aliphatic heterocycles. The van der Waals surface area contributed by atoms with Crippen LogP contribution in [0.1, 0.15) is 0 Å². The van der Waals surface area contributed by atoms with E-state index in [1.165, 1.54) is 20.9 Å². The zero-order chi connectivity index (χ0) is 10.5. The molecule has 2 heteroatoms. The van der Waals surface area contributed by atoms with Gasteiger partial charge in [-0.3, -0.25) is 0 Å². The molecule has 0 spiro atoms. The van der Waals surface area contributed by atoms with Gasteiger partial charge in [-0.05, 0) is 29.6 Å². The Bertz CT molecular complexity index is 807. The minimum atomic E-state index is 0.969. The van der Waals surface area contributed by atoms with Crippen molar-refractivity contribution in [3.8, 4) is 0 Å². The molecule has 2 heterocycles. The molecular weight excluding hydrogens is 216 g/mol. The Balaban J connectivity index is 2.42. The molecule has 2 aromatic carbocycles. The van der Waals surface area contributed by atoms with Crippen LogP contribution in [0.5, 0.6) is 0 Å². The second-order valence-electron chi connectivity index (χ2n) is 3.87. The SMILES string of the molecule is c1ccc2c(c1)oc1ccc3sccc3c12. The van der Waals surface area contributed by atoms with E-state index in [1.807, 2.05) is 12.1 Å². The van der Waals surface area contributed by atoms with Crippen LogP contribution < -0.4 is 0 Å². The van der Waals surface area contributed by atoms with Crippen molar-refractivity contribution < 1.29 is 4.42 Å². The van der Waals surface area contributed by atoms with Gasteiger partial charge in [-0.15, -0.1) is 11.3 Å². The second kappa shape index (κ2) is 2.86. The predicted molar refractivity (Wildman–Crippen MR) is 69.1 cm³/mol. The quantitative estimate of drug-likeness (QED) is 0.418. The summed E-state index contributed by atoms with van der Waals surface area (Å²) in [5.74, 6) is 0. The number of furan rings is 1. The molecule has 0 amide bonds. The third kappa shape index (κ3) is 0.947. The van der Waals surface area contributed by atoms with Crippen LogP contribution >= 0.6 is 11.3 Å². The zero-order valence-electron chi connectivity index (χ0n) is 8.44. The molecular formula is C14H8OS. The normalized spacial score (nSPS) is 11.8. The Morgan fingerprint density at radius 1 is 0.812 bits per heavy atom. The highest BCUT2D eigenvalue weighted by Crippen LogP contribution is 2.36. The number of thiophene rings is 1.